The number of fused-ring (bicyclic) bond motifs is 2. The van der Waals surface area contributed by atoms with Crippen LogP contribution in [0.15, 0.2) is 35.9 Å². The van der Waals surface area contributed by atoms with Crippen LogP contribution in [0, 0.1) is 0 Å². The zero-order chi connectivity index (χ0) is 16.7. The summed E-state index contributed by atoms with van der Waals surface area (Å²) < 4.78 is 11.1. The highest BCUT2D eigenvalue weighted by molar-refractivity contribution is 6.32. The molecule has 0 radical (unpaired) electrons. The van der Waals surface area contributed by atoms with Crippen LogP contribution in [0.3, 0.4) is 0 Å². The number of hydrogen-bond donors (Lipinski definition) is 1. The Morgan fingerprint density at radius 1 is 1.08 bits per heavy atom. The number of phenolic OH excluding ortho intramolecular Hbond substituents is 1. The van der Waals surface area contributed by atoms with E-state index in [9.17, 15) is 9.90 Å². The molecule has 0 aromatic heterocycles. The van der Waals surface area contributed by atoms with E-state index in [1.165, 1.54) is 0 Å². The molecule has 1 N–H and O–H groups in total. The lowest BCUT2D eigenvalue weighted by Crippen LogP contribution is -2.16. The smallest absolute Gasteiger partial charge is 0.189 e. The molecule has 4 nitrogen and oxygen atoms in total. The molecule has 0 amide bonds. The molecule has 0 fully saturated rings. The molecule has 4 rings (SSSR count). The lowest BCUT2D eigenvalue weighted by atomic mass is 9.86. The van der Waals surface area contributed by atoms with Crippen LogP contribution in [0.25, 0.3) is 6.08 Å². The third-order valence-electron chi connectivity index (χ3n) is 4.25. The Labute approximate surface area is 144 Å². The summed E-state index contributed by atoms with van der Waals surface area (Å²) in [5.41, 5.74) is 3.07. The first-order valence-corrected chi connectivity index (χ1v) is 8.16. The number of ether oxygens (including phenoxy) is 2. The molecule has 0 unspecified atom stereocenters. The van der Waals surface area contributed by atoms with Gasteiger partial charge in [0.15, 0.2) is 17.3 Å². The Kier molecular flexibility index (Phi) is 3.69. The Morgan fingerprint density at radius 3 is 2.79 bits per heavy atom. The van der Waals surface area contributed by atoms with Gasteiger partial charge in [-0.2, -0.15) is 0 Å². The van der Waals surface area contributed by atoms with Crippen molar-refractivity contribution in [2.45, 2.75) is 12.8 Å². The van der Waals surface area contributed by atoms with Crippen LogP contribution in [-0.4, -0.2) is 24.1 Å². The number of benzene rings is 2. The highest BCUT2D eigenvalue weighted by Gasteiger charge is 2.23. The molecule has 0 spiro atoms. The Balaban J connectivity index is 1.70. The van der Waals surface area contributed by atoms with Crippen molar-refractivity contribution in [3.8, 4) is 17.2 Å². The minimum atomic E-state index is -0.0118. The van der Waals surface area contributed by atoms with Crippen molar-refractivity contribution in [1.82, 2.24) is 0 Å². The Bertz CT molecular complexity index is 870. The second kappa shape index (κ2) is 5.87. The molecule has 0 atom stereocenters. The molecular weight excluding hydrogens is 328 g/mol. The Hall–Kier alpha value is -2.46. The van der Waals surface area contributed by atoms with Gasteiger partial charge < -0.3 is 14.6 Å². The second-order valence-electron chi connectivity index (χ2n) is 5.87. The molecule has 0 bridgehead atoms. The molecule has 24 heavy (non-hydrogen) atoms. The maximum Gasteiger partial charge on any atom is 0.189 e. The van der Waals surface area contributed by atoms with Crippen LogP contribution >= 0.6 is 11.6 Å². The SMILES string of the molecule is O=C1/C(=C/c2cc(Cl)c3c(c2)OCCO3)CCc2cc(O)ccc21. The van der Waals surface area contributed by atoms with E-state index < -0.39 is 0 Å². The zero-order valence-corrected chi connectivity index (χ0v) is 13.6. The summed E-state index contributed by atoms with van der Waals surface area (Å²) in [4.78, 5) is 12.7. The van der Waals surface area contributed by atoms with Gasteiger partial charge in [-0.25, -0.2) is 0 Å². The fourth-order valence-corrected chi connectivity index (χ4v) is 3.39. The normalized spacial score (nSPS) is 17.7. The van der Waals surface area contributed by atoms with E-state index in [0.717, 1.165) is 23.1 Å². The molecule has 2 aromatic carbocycles. The number of aryl methyl sites for hydroxylation is 1. The molecular formula is C19H15ClO4. The average molecular weight is 343 g/mol. The minimum Gasteiger partial charge on any atom is -0.508 e. The fraction of sp³-hybridized carbons (Fsp3) is 0.211. The predicted molar refractivity (Wildman–Crippen MR) is 91.2 cm³/mol. The van der Waals surface area contributed by atoms with E-state index in [2.05, 4.69) is 0 Å². The van der Waals surface area contributed by atoms with Gasteiger partial charge in [0.25, 0.3) is 0 Å². The monoisotopic (exact) mass is 342 g/mol. The van der Waals surface area contributed by atoms with Gasteiger partial charge in [-0.05, 0) is 60.4 Å². The zero-order valence-electron chi connectivity index (χ0n) is 12.8. The van der Waals surface area contributed by atoms with Gasteiger partial charge >= 0.3 is 0 Å². The van der Waals surface area contributed by atoms with Crippen molar-refractivity contribution in [2.24, 2.45) is 0 Å². The predicted octanol–water partition coefficient (Wildman–Crippen LogP) is 4.03. The van der Waals surface area contributed by atoms with Crippen molar-refractivity contribution < 1.29 is 19.4 Å². The van der Waals surface area contributed by atoms with Crippen LogP contribution in [0.2, 0.25) is 5.02 Å². The number of aromatic hydroxyl groups is 1. The van der Waals surface area contributed by atoms with Crippen LogP contribution in [0.4, 0.5) is 0 Å². The van der Waals surface area contributed by atoms with Crippen molar-refractivity contribution in [2.75, 3.05) is 13.2 Å². The maximum absolute atomic E-state index is 12.7. The van der Waals surface area contributed by atoms with Crippen molar-refractivity contribution in [3.63, 3.8) is 0 Å². The van der Waals surface area contributed by atoms with Gasteiger partial charge in [-0.3, -0.25) is 4.79 Å². The summed E-state index contributed by atoms with van der Waals surface area (Å²) >= 11 is 6.25. The standard InChI is InChI=1S/C19H15ClO4/c20-16-8-11(9-17-19(16)24-6-5-23-17)7-13-2-1-12-10-14(21)3-4-15(12)18(13)22/h3-4,7-10,21H,1-2,5-6H2/b13-7+. The Morgan fingerprint density at radius 2 is 1.92 bits per heavy atom. The third kappa shape index (κ3) is 2.63. The van der Waals surface area contributed by atoms with E-state index in [0.29, 0.717) is 41.7 Å². The molecule has 0 saturated carbocycles. The van der Waals surface area contributed by atoms with Gasteiger partial charge in [-0.15, -0.1) is 0 Å². The number of hydrogen-bond acceptors (Lipinski definition) is 4. The summed E-state index contributed by atoms with van der Waals surface area (Å²) in [6.07, 6.45) is 3.20. The first-order chi connectivity index (χ1) is 11.6. The lowest BCUT2D eigenvalue weighted by Gasteiger charge is -2.20. The van der Waals surface area contributed by atoms with E-state index in [4.69, 9.17) is 21.1 Å². The van der Waals surface area contributed by atoms with Gasteiger partial charge in [0.05, 0.1) is 5.02 Å². The number of carbonyl (C=O) groups is 1. The molecule has 1 aliphatic heterocycles. The number of rotatable bonds is 1. The number of phenols is 1. The number of Topliss-reactive ketones (excluding diaryl/α,β-unsaturated/α-hetero) is 1. The lowest BCUT2D eigenvalue weighted by molar-refractivity contribution is 0.102. The summed E-state index contributed by atoms with van der Waals surface area (Å²) in [6, 6.07) is 8.50. The first kappa shape index (κ1) is 15.1. The number of ketones is 1. The largest absolute Gasteiger partial charge is 0.508 e. The second-order valence-corrected chi connectivity index (χ2v) is 6.27. The molecule has 2 aliphatic rings. The van der Waals surface area contributed by atoms with Crippen molar-refractivity contribution in [3.05, 3.63) is 57.6 Å². The topological polar surface area (TPSA) is 55.8 Å². The van der Waals surface area contributed by atoms with Gasteiger partial charge in [0.2, 0.25) is 0 Å². The van der Waals surface area contributed by atoms with E-state index >= 15 is 0 Å². The van der Waals surface area contributed by atoms with Crippen LogP contribution in [0.5, 0.6) is 17.2 Å². The molecule has 1 aliphatic carbocycles. The number of halogens is 1. The highest BCUT2D eigenvalue weighted by atomic mass is 35.5. The summed E-state index contributed by atoms with van der Waals surface area (Å²) in [7, 11) is 0. The van der Waals surface area contributed by atoms with Gasteiger partial charge in [-0.1, -0.05) is 11.6 Å². The van der Waals surface area contributed by atoms with Crippen LogP contribution in [0.1, 0.15) is 27.9 Å². The summed E-state index contributed by atoms with van der Waals surface area (Å²) in [6.45, 7) is 0.967. The van der Waals surface area contributed by atoms with Crippen molar-refractivity contribution in [1.29, 1.82) is 0 Å². The number of allylic oxidation sites excluding steroid dienone is 1. The molecule has 0 saturated heterocycles. The maximum atomic E-state index is 12.7. The quantitative estimate of drug-likeness (QED) is 0.795. The van der Waals surface area contributed by atoms with Gasteiger partial charge in [0, 0.05) is 11.1 Å². The average Bonchev–Trinajstić information content (AvgIpc) is 2.57. The molecule has 2 aromatic rings. The number of carbonyl (C=O) groups excluding carboxylic acids is 1. The van der Waals surface area contributed by atoms with E-state index in [1.54, 1.807) is 24.3 Å². The molecule has 5 heteroatoms. The van der Waals surface area contributed by atoms with Gasteiger partial charge in [0.1, 0.15) is 19.0 Å². The first-order valence-electron chi connectivity index (χ1n) is 7.78. The third-order valence-corrected chi connectivity index (χ3v) is 4.53. The summed E-state index contributed by atoms with van der Waals surface area (Å²) in [5, 5.41) is 10.0. The fourth-order valence-electron chi connectivity index (χ4n) is 3.12. The molecule has 1 heterocycles. The van der Waals surface area contributed by atoms with Crippen molar-refractivity contribution >= 4 is 23.5 Å². The van der Waals surface area contributed by atoms with Crippen LogP contribution < -0.4 is 9.47 Å². The molecule has 122 valence electrons. The summed E-state index contributed by atoms with van der Waals surface area (Å²) in [5.74, 6) is 1.34. The van der Waals surface area contributed by atoms with Crippen LogP contribution in [-0.2, 0) is 6.42 Å². The van der Waals surface area contributed by atoms with E-state index in [1.807, 2.05) is 12.1 Å². The minimum absolute atomic E-state index is 0.0118. The highest BCUT2D eigenvalue weighted by Crippen LogP contribution is 2.39. The van der Waals surface area contributed by atoms with E-state index in [-0.39, 0.29) is 11.5 Å².